The summed E-state index contributed by atoms with van der Waals surface area (Å²) in [5.41, 5.74) is 1.05. The molecule has 0 aromatic heterocycles. The molecule has 1 N–H and O–H groups in total. The maximum Gasteiger partial charge on any atom is 0.240 e. The van der Waals surface area contributed by atoms with Crippen LogP contribution >= 0.6 is 15.9 Å². The van der Waals surface area contributed by atoms with E-state index in [1.165, 1.54) is 0 Å². The molecule has 18 heavy (non-hydrogen) atoms. The number of rotatable bonds is 6. The lowest BCUT2D eigenvalue weighted by Crippen LogP contribution is -2.38. The highest BCUT2D eigenvalue weighted by Crippen LogP contribution is 2.12. The zero-order chi connectivity index (χ0) is 13.8. The molecule has 0 radical (unpaired) electrons. The maximum atomic E-state index is 12.0. The predicted molar refractivity (Wildman–Crippen MR) is 77.4 cm³/mol. The molecule has 0 fully saturated rings. The fourth-order valence-corrected chi connectivity index (χ4v) is 2.75. The molecule has 0 saturated carbocycles. The Morgan fingerprint density at radius 1 is 1.28 bits per heavy atom. The number of hydrogen-bond donors (Lipinski definition) is 1. The minimum atomic E-state index is -3.41. The average Bonchev–Trinajstić information content (AvgIpc) is 2.36. The van der Waals surface area contributed by atoms with Gasteiger partial charge in [-0.25, -0.2) is 13.1 Å². The van der Waals surface area contributed by atoms with Crippen LogP contribution in [0.2, 0.25) is 0 Å². The number of sulfonamides is 1. The second-order valence-corrected chi connectivity index (χ2v) is 6.77. The number of halogens is 1. The zero-order valence-electron chi connectivity index (χ0n) is 10.9. The molecule has 0 saturated heterocycles. The summed E-state index contributed by atoms with van der Waals surface area (Å²) in [6.45, 7) is 2.37. The summed E-state index contributed by atoms with van der Waals surface area (Å²) in [4.78, 5) is 2.27. The Labute approximate surface area is 118 Å². The van der Waals surface area contributed by atoms with E-state index in [4.69, 9.17) is 0 Å². The number of likely N-dealkylation sites (N-methyl/N-ethyl adjacent to an activating group) is 1. The summed E-state index contributed by atoms with van der Waals surface area (Å²) >= 11 is 3.33. The second-order valence-electron chi connectivity index (χ2n) is 4.44. The minimum absolute atomic E-state index is 0.154. The maximum absolute atomic E-state index is 12.0. The van der Waals surface area contributed by atoms with Crippen molar-refractivity contribution in [3.05, 3.63) is 29.8 Å². The molecular formula is C12H19BrN2O2S. The smallest absolute Gasteiger partial charge is 0.240 e. The van der Waals surface area contributed by atoms with Crippen molar-refractivity contribution < 1.29 is 8.42 Å². The largest absolute Gasteiger partial charge is 0.305 e. The SMILES string of the molecule is CC(CNS(=O)(=O)c1ccc(CBr)cc1)N(C)C. The van der Waals surface area contributed by atoms with Gasteiger partial charge in [0, 0.05) is 17.9 Å². The first-order chi connectivity index (χ1) is 8.36. The number of hydrogen-bond acceptors (Lipinski definition) is 3. The van der Waals surface area contributed by atoms with Gasteiger partial charge in [0.2, 0.25) is 10.0 Å². The first kappa shape index (κ1) is 15.6. The fraction of sp³-hybridized carbons (Fsp3) is 0.500. The van der Waals surface area contributed by atoms with Crippen molar-refractivity contribution in [3.63, 3.8) is 0 Å². The van der Waals surface area contributed by atoms with Crippen LogP contribution < -0.4 is 4.72 Å². The van der Waals surface area contributed by atoms with Crippen molar-refractivity contribution in [1.29, 1.82) is 0 Å². The molecular weight excluding hydrogens is 316 g/mol. The van der Waals surface area contributed by atoms with E-state index in [0.717, 1.165) is 10.9 Å². The molecule has 1 aromatic rings. The van der Waals surface area contributed by atoms with Crippen LogP contribution in [0.1, 0.15) is 12.5 Å². The molecule has 0 aliphatic rings. The van der Waals surface area contributed by atoms with Gasteiger partial charge < -0.3 is 4.90 Å². The summed E-state index contributed by atoms with van der Waals surface area (Å²) in [5.74, 6) is 0. The Morgan fingerprint density at radius 2 is 1.83 bits per heavy atom. The van der Waals surface area contributed by atoms with E-state index in [1.54, 1.807) is 24.3 Å². The highest BCUT2D eigenvalue weighted by atomic mass is 79.9. The van der Waals surface area contributed by atoms with Crippen molar-refractivity contribution in [2.24, 2.45) is 0 Å². The summed E-state index contributed by atoms with van der Waals surface area (Å²) in [6, 6.07) is 7.01. The molecule has 0 aliphatic heterocycles. The Hall–Kier alpha value is -0.430. The molecule has 1 aromatic carbocycles. The molecule has 1 atom stereocenters. The van der Waals surface area contributed by atoms with E-state index in [9.17, 15) is 8.42 Å². The van der Waals surface area contributed by atoms with E-state index >= 15 is 0 Å². The normalized spacial score (nSPS) is 13.8. The number of benzene rings is 1. The quantitative estimate of drug-likeness (QED) is 0.807. The van der Waals surface area contributed by atoms with Crippen LogP contribution in [0.5, 0.6) is 0 Å². The molecule has 0 spiro atoms. The molecule has 102 valence electrons. The van der Waals surface area contributed by atoms with Crippen LogP contribution in [0.3, 0.4) is 0 Å². The van der Waals surface area contributed by atoms with E-state index in [-0.39, 0.29) is 6.04 Å². The summed E-state index contributed by atoms with van der Waals surface area (Å²) in [5, 5.41) is 0.721. The average molecular weight is 335 g/mol. The number of alkyl halides is 1. The van der Waals surface area contributed by atoms with Crippen molar-refractivity contribution in [2.45, 2.75) is 23.2 Å². The summed E-state index contributed by atoms with van der Waals surface area (Å²) in [6.07, 6.45) is 0. The van der Waals surface area contributed by atoms with Gasteiger partial charge in [-0.3, -0.25) is 0 Å². The van der Waals surface area contributed by atoms with Crippen LogP contribution in [0.25, 0.3) is 0 Å². The van der Waals surface area contributed by atoms with Crippen LogP contribution in [0, 0.1) is 0 Å². The molecule has 1 rings (SSSR count). The standard InChI is InChI=1S/C12H19BrN2O2S/c1-10(15(2)3)9-14-18(16,17)12-6-4-11(8-13)5-7-12/h4-7,10,14H,8-9H2,1-3H3. The van der Waals surface area contributed by atoms with Gasteiger partial charge in [0.15, 0.2) is 0 Å². The molecule has 6 heteroatoms. The van der Waals surface area contributed by atoms with Gasteiger partial charge in [0.1, 0.15) is 0 Å². The minimum Gasteiger partial charge on any atom is -0.305 e. The molecule has 0 amide bonds. The van der Waals surface area contributed by atoms with Crippen molar-refractivity contribution in [3.8, 4) is 0 Å². The summed E-state index contributed by atoms with van der Waals surface area (Å²) in [7, 11) is 0.435. The van der Waals surface area contributed by atoms with Crippen molar-refractivity contribution in [1.82, 2.24) is 9.62 Å². The Bertz CT molecular complexity index is 471. The van der Waals surface area contributed by atoms with Crippen LogP contribution in [0.4, 0.5) is 0 Å². The van der Waals surface area contributed by atoms with Crippen LogP contribution in [-0.2, 0) is 15.4 Å². The van der Waals surface area contributed by atoms with Crippen molar-refractivity contribution >= 4 is 26.0 Å². The first-order valence-electron chi connectivity index (χ1n) is 5.68. The van der Waals surface area contributed by atoms with Gasteiger partial charge in [-0.1, -0.05) is 28.1 Å². The molecule has 0 heterocycles. The Kier molecular flexibility index (Phi) is 5.78. The highest BCUT2D eigenvalue weighted by Gasteiger charge is 2.15. The van der Waals surface area contributed by atoms with Gasteiger partial charge in [-0.2, -0.15) is 0 Å². The van der Waals surface area contributed by atoms with Gasteiger partial charge >= 0.3 is 0 Å². The molecule has 0 bridgehead atoms. The molecule has 1 unspecified atom stereocenters. The van der Waals surface area contributed by atoms with E-state index < -0.39 is 10.0 Å². The Balaban J connectivity index is 2.73. The Morgan fingerprint density at radius 3 is 2.28 bits per heavy atom. The third-order valence-electron chi connectivity index (χ3n) is 2.84. The highest BCUT2D eigenvalue weighted by molar-refractivity contribution is 9.08. The monoisotopic (exact) mass is 334 g/mol. The molecule has 0 aliphatic carbocycles. The zero-order valence-corrected chi connectivity index (χ0v) is 13.3. The van der Waals surface area contributed by atoms with Gasteiger partial charge in [-0.05, 0) is 38.7 Å². The van der Waals surface area contributed by atoms with Crippen LogP contribution in [0.15, 0.2) is 29.2 Å². The second kappa shape index (κ2) is 6.65. The number of nitrogens with one attached hydrogen (secondary N) is 1. The van der Waals surface area contributed by atoms with Gasteiger partial charge in [0.25, 0.3) is 0 Å². The topological polar surface area (TPSA) is 49.4 Å². The lowest BCUT2D eigenvalue weighted by Gasteiger charge is -2.20. The van der Waals surface area contributed by atoms with Crippen LogP contribution in [-0.4, -0.2) is 40.0 Å². The third kappa shape index (κ3) is 4.35. The molecule has 4 nitrogen and oxygen atoms in total. The third-order valence-corrected chi connectivity index (χ3v) is 4.93. The fourth-order valence-electron chi connectivity index (χ4n) is 1.25. The van der Waals surface area contributed by atoms with Crippen molar-refractivity contribution in [2.75, 3.05) is 20.6 Å². The summed E-state index contributed by atoms with van der Waals surface area (Å²) < 4.78 is 26.6. The van der Waals surface area contributed by atoms with Gasteiger partial charge in [0.05, 0.1) is 4.90 Å². The van der Waals surface area contributed by atoms with E-state index in [2.05, 4.69) is 20.7 Å². The predicted octanol–water partition coefficient (Wildman–Crippen LogP) is 1.81. The lowest BCUT2D eigenvalue weighted by molar-refractivity contribution is 0.314. The lowest BCUT2D eigenvalue weighted by atomic mass is 10.2. The number of nitrogens with zero attached hydrogens (tertiary/aromatic N) is 1. The first-order valence-corrected chi connectivity index (χ1v) is 8.28. The van der Waals surface area contributed by atoms with Gasteiger partial charge in [-0.15, -0.1) is 0 Å². The van der Waals surface area contributed by atoms with E-state index in [1.807, 2.05) is 25.9 Å². The van der Waals surface area contributed by atoms with E-state index in [0.29, 0.717) is 11.4 Å².